The van der Waals surface area contributed by atoms with Gasteiger partial charge < -0.3 is 10.2 Å². The molecule has 0 unspecified atom stereocenters. The van der Waals surface area contributed by atoms with Crippen molar-refractivity contribution in [2.45, 2.75) is 43.6 Å². The topological polar surface area (TPSA) is 91.0 Å². The number of amides is 2. The minimum atomic E-state index is -0.540. The van der Waals surface area contributed by atoms with Gasteiger partial charge in [-0.2, -0.15) is 5.10 Å². The van der Waals surface area contributed by atoms with Gasteiger partial charge in [0.25, 0.3) is 0 Å². The average molecular weight is 424 g/mol. The maximum Gasteiger partial charge on any atom is 0.248 e. The van der Waals surface area contributed by atoms with Crippen LogP contribution in [0.2, 0.25) is 5.02 Å². The zero-order chi connectivity index (χ0) is 20.7. The van der Waals surface area contributed by atoms with Gasteiger partial charge in [0.1, 0.15) is 17.4 Å². The number of hydrogen-bond donors (Lipinski definition) is 2. The number of likely N-dealkylation sites (tertiary alicyclic amines) is 1. The molecule has 8 heteroatoms. The summed E-state index contributed by atoms with van der Waals surface area (Å²) in [6.45, 7) is 0.598. The quantitative estimate of drug-likeness (QED) is 0.669. The molecule has 1 aromatic carbocycles. The van der Waals surface area contributed by atoms with Gasteiger partial charge >= 0.3 is 0 Å². The number of hydrogen-bond acceptors (Lipinski definition) is 4. The molecule has 2 amide bonds. The van der Waals surface area contributed by atoms with Crippen LogP contribution in [0.3, 0.4) is 0 Å². The minimum absolute atomic E-state index is 0.0481. The van der Waals surface area contributed by atoms with Gasteiger partial charge in [0.15, 0.2) is 0 Å². The number of aromatic amines is 1. The third-order valence-electron chi connectivity index (χ3n) is 6.38. The van der Waals surface area contributed by atoms with Gasteiger partial charge in [-0.1, -0.05) is 30.2 Å². The number of benzene rings is 1. The van der Waals surface area contributed by atoms with Crippen molar-refractivity contribution < 1.29 is 9.59 Å². The predicted octanol–water partition coefficient (Wildman–Crippen LogP) is 3.66. The number of nitrogens with one attached hydrogen (secondary N) is 2. The standard InChI is InChI=1S/C22H22ClN5O2/c23-15-6-4-14(5-7-15)22(10-2-11-22)21(30)28-12-1-3-18(28)20(29)26-19-9-8-16-17(25-19)13-24-27-16/h4-9,13,18H,1-3,10-12H2,(H,24,27)(H,25,26,29)/t18-/m1/s1. The molecule has 0 spiro atoms. The fraction of sp³-hybridized carbons (Fsp3) is 0.364. The summed E-state index contributed by atoms with van der Waals surface area (Å²) in [5.74, 6) is 0.318. The Balaban J connectivity index is 1.36. The molecule has 7 nitrogen and oxygen atoms in total. The molecule has 1 atom stereocenters. The molecule has 2 aromatic heterocycles. The molecule has 1 saturated carbocycles. The van der Waals surface area contributed by atoms with E-state index < -0.39 is 11.5 Å². The first-order valence-corrected chi connectivity index (χ1v) is 10.6. The lowest BCUT2D eigenvalue weighted by atomic mass is 9.63. The highest BCUT2D eigenvalue weighted by molar-refractivity contribution is 6.30. The van der Waals surface area contributed by atoms with Crippen LogP contribution in [0.15, 0.2) is 42.6 Å². The van der Waals surface area contributed by atoms with Crippen molar-refractivity contribution in [2.24, 2.45) is 0 Å². The molecule has 0 radical (unpaired) electrons. The summed E-state index contributed by atoms with van der Waals surface area (Å²) in [4.78, 5) is 32.8. The Morgan fingerprint density at radius 1 is 1.13 bits per heavy atom. The molecular formula is C22H22ClN5O2. The van der Waals surface area contributed by atoms with Crippen LogP contribution in [-0.2, 0) is 15.0 Å². The normalized spacial score (nSPS) is 20.2. The van der Waals surface area contributed by atoms with Crippen molar-refractivity contribution in [1.29, 1.82) is 0 Å². The SMILES string of the molecule is O=C(Nc1ccc2[nH]ncc2n1)[C@H]1CCCN1C(=O)C1(c2ccc(Cl)cc2)CCC1. The Morgan fingerprint density at radius 2 is 1.93 bits per heavy atom. The van der Waals surface area contributed by atoms with E-state index in [4.69, 9.17) is 11.6 Å². The van der Waals surface area contributed by atoms with Crippen LogP contribution in [0.5, 0.6) is 0 Å². The largest absolute Gasteiger partial charge is 0.330 e. The number of aromatic nitrogens is 3. The predicted molar refractivity (Wildman–Crippen MR) is 114 cm³/mol. The second kappa shape index (κ2) is 7.40. The lowest BCUT2D eigenvalue weighted by molar-refractivity contribution is -0.144. The van der Waals surface area contributed by atoms with Crippen LogP contribution in [-0.4, -0.2) is 44.5 Å². The van der Waals surface area contributed by atoms with Crippen molar-refractivity contribution in [3.8, 4) is 0 Å². The van der Waals surface area contributed by atoms with Crippen molar-refractivity contribution in [3.63, 3.8) is 0 Å². The second-order valence-corrected chi connectivity index (χ2v) is 8.52. The molecule has 1 aliphatic carbocycles. The number of fused-ring (bicyclic) bond motifs is 1. The Kier molecular flexibility index (Phi) is 4.70. The van der Waals surface area contributed by atoms with Gasteiger partial charge in [-0.25, -0.2) is 4.98 Å². The molecule has 5 rings (SSSR count). The van der Waals surface area contributed by atoms with E-state index in [0.717, 1.165) is 36.8 Å². The highest BCUT2D eigenvalue weighted by atomic mass is 35.5. The van der Waals surface area contributed by atoms with Crippen LogP contribution in [0.1, 0.15) is 37.7 Å². The smallest absolute Gasteiger partial charge is 0.248 e. The summed E-state index contributed by atoms with van der Waals surface area (Å²) in [7, 11) is 0. The molecule has 2 N–H and O–H groups in total. The molecule has 3 heterocycles. The molecule has 30 heavy (non-hydrogen) atoms. The molecule has 1 aliphatic heterocycles. The van der Waals surface area contributed by atoms with E-state index in [-0.39, 0.29) is 11.8 Å². The van der Waals surface area contributed by atoms with E-state index in [1.807, 2.05) is 30.3 Å². The van der Waals surface area contributed by atoms with E-state index in [2.05, 4.69) is 20.5 Å². The maximum atomic E-state index is 13.6. The number of carbonyl (C=O) groups is 2. The maximum absolute atomic E-state index is 13.6. The first-order chi connectivity index (χ1) is 14.6. The highest BCUT2D eigenvalue weighted by Crippen LogP contribution is 2.46. The summed E-state index contributed by atoms with van der Waals surface area (Å²) >= 11 is 6.04. The van der Waals surface area contributed by atoms with Gasteiger partial charge in [-0.05, 0) is 55.5 Å². The van der Waals surface area contributed by atoms with E-state index >= 15 is 0 Å². The second-order valence-electron chi connectivity index (χ2n) is 8.09. The van der Waals surface area contributed by atoms with Gasteiger partial charge in [-0.15, -0.1) is 0 Å². The molecule has 2 aliphatic rings. The number of anilines is 1. The van der Waals surface area contributed by atoms with E-state index in [1.165, 1.54) is 0 Å². The minimum Gasteiger partial charge on any atom is -0.330 e. The Morgan fingerprint density at radius 3 is 2.67 bits per heavy atom. The summed E-state index contributed by atoms with van der Waals surface area (Å²) in [6.07, 6.45) is 5.70. The van der Waals surface area contributed by atoms with Crippen molar-refractivity contribution in [1.82, 2.24) is 20.1 Å². The van der Waals surface area contributed by atoms with Crippen LogP contribution in [0.4, 0.5) is 5.82 Å². The van der Waals surface area contributed by atoms with Crippen LogP contribution < -0.4 is 5.32 Å². The molecule has 154 valence electrons. The zero-order valence-electron chi connectivity index (χ0n) is 16.4. The van der Waals surface area contributed by atoms with Gasteiger partial charge in [-0.3, -0.25) is 14.7 Å². The molecule has 1 saturated heterocycles. The van der Waals surface area contributed by atoms with Gasteiger partial charge in [0.2, 0.25) is 11.8 Å². The lowest BCUT2D eigenvalue weighted by Gasteiger charge is -2.44. The lowest BCUT2D eigenvalue weighted by Crippen LogP contribution is -2.54. The number of carbonyl (C=O) groups excluding carboxylic acids is 2. The third kappa shape index (κ3) is 3.13. The molecule has 2 fully saturated rings. The fourth-order valence-corrected chi connectivity index (χ4v) is 4.72. The average Bonchev–Trinajstić information content (AvgIpc) is 3.37. The first kappa shape index (κ1) is 19.1. The summed E-state index contributed by atoms with van der Waals surface area (Å²) in [5, 5.41) is 10.3. The Hall–Kier alpha value is -2.93. The fourth-order valence-electron chi connectivity index (χ4n) is 4.59. The van der Waals surface area contributed by atoms with Crippen LogP contribution in [0.25, 0.3) is 11.0 Å². The van der Waals surface area contributed by atoms with E-state index in [0.29, 0.717) is 29.3 Å². The van der Waals surface area contributed by atoms with Crippen LogP contribution >= 0.6 is 11.6 Å². The van der Waals surface area contributed by atoms with E-state index in [1.54, 1.807) is 17.2 Å². The highest BCUT2D eigenvalue weighted by Gasteiger charge is 2.50. The monoisotopic (exact) mass is 423 g/mol. The number of rotatable bonds is 4. The Bertz CT molecular complexity index is 1110. The molecule has 0 bridgehead atoms. The van der Waals surface area contributed by atoms with Crippen molar-refractivity contribution in [3.05, 3.63) is 53.2 Å². The number of nitrogens with zero attached hydrogens (tertiary/aromatic N) is 3. The van der Waals surface area contributed by atoms with Gasteiger partial charge in [0, 0.05) is 11.6 Å². The van der Waals surface area contributed by atoms with Crippen molar-refractivity contribution >= 4 is 40.3 Å². The van der Waals surface area contributed by atoms with Gasteiger partial charge in [0.05, 0.1) is 17.1 Å². The molecular weight excluding hydrogens is 402 g/mol. The van der Waals surface area contributed by atoms with E-state index in [9.17, 15) is 9.59 Å². The summed E-state index contributed by atoms with van der Waals surface area (Å²) < 4.78 is 0. The molecule has 3 aromatic rings. The van der Waals surface area contributed by atoms with Crippen molar-refractivity contribution in [2.75, 3.05) is 11.9 Å². The Labute approximate surface area is 178 Å². The summed E-state index contributed by atoms with van der Waals surface area (Å²) in [6, 6.07) is 10.6. The summed E-state index contributed by atoms with van der Waals surface area (Å²) in [5.41, 5.74) is 1.94. The number of pyridine rings is 1. The number of halogens is 1. The first-order valence-electron chi connectivity index (χ1n) is 10.2. The van der Waals surface area contributed by atoms with Crippen LogP contribution in [0, 0.1) is 0 Å². The zero-order valence-corrected chi connectivity index (χ0v) is 17.2. The number of H-pyrrole nitrogens is 1. The third-order valence-corrected chi connectivity index (χ3v) is 6.63.